The predicted octanol–water partition coefficient (Wildman–Crippen LogP) is 14.2. The Morgan fingerprint density at radius 3 is 1.11 bits per heavy atom. The van der Waals surface area contributed by atoms with E-state index in [0.29, 0.717) is 35.5 Å². The maximum absolute atomic E-state index is 2.86. The van der Waals surface area contributed by atoms with E-state index < -0.39 is 13.5 Å². The van der Waals surface area contributed by atoms with E-state index in [2.05, 4.69) is 302 Å². The van der Waals surface area contributed by atoms with Crippen LogP contribution in [-0.2, 0) is 5.41 Å². The molecule has 85 heavy (non-hydrogen) atoms. The van der Waals surface area contributed by atoms with Crippen molar-refractivity contribution < 1.29 is 0 Å². The molecule has 10 aromatic rings. The van der Waals surface area contributed by atoms with E-state index >= 15 is 0 Å². The average molecular weight is 1120 g/mol. The highest BCUT2D eigenvalue weighted by Gasteiger charge is 2.60. The fourth-order valence-corrected chi connectivity index (χ4v) is 22.4. The zero-order chi connectivity index (χ0) is 59.1. The Hall–Kier alpha value is -7.65. The van der Waals surface area contributed by atoms with Crippen LogP contribution in [0.25, 0.3) is 11.1 Å². The molecule has 0 saturated heterocycles. The number of fused-ring (bicyclic) bond motifs is 17. The predicted molar refractivity (Wildman–Crippen MR) is 372 cm³/mol. The molecule has 1 nitrogen and oxygen atoms in total. The van der Waals surface area contributed by atoms with Crippen molar-refractivity contribution in [3.8, 4) is 11.1 Å². The summed E-state index contributed by atoms with van der Waals surface area (Å²) in [6.45, 7) is 33.5. The number of anilines is 3. The minimum atomic E-state index is -2.86. The molecule has 10 aromatic carbocycles. The molecular formula is C81H81B2NSi. The third kappa shape index (κ3) is 7.95. The van der Waals surface area contributed by atoms with Gasteiger partial charge < -0.3 is 4.90 Å². The number of hydrogen-bond donors (Lipinski definition) is 0. The van der Waals surface area contributed by atoms with Gasteiger partial charge in [-0.05, 0) is 161 Å². The van der Waals surface area contributed by atoms with Crippen molar-refractivity contribution >= 4 is 92.1 Å². The molecule has 420 valence electrons. The van der Waals surface area contributed by atoms with Crippen LogP contribution in [0.4, 0.5) is 17.1 Å². The highest BCUT2D eigenvalue weighted by molar-refractivity contribution is 7.23. The van der Waals surface area contributed by atoms with E-state index in [1.165, 1.54) is 148 Å². The van der Waals surface area contributed by atoms with Gasteiger partial charge in [0.15, 0.2) is 8.07 Å². The lowest BCUT2D eigenvalue weighted by Gasteiger charge is -2.53. The van der Waals surface area contributed by atoms with Crippen molar-refractivity contribution in [3.63, 3.8) is 0 Å². The molecule has 0 amide bonds. The Kier molecular flexibility index (Phi) is 13.3. The van der Waals surface area contributed by atoms with Gasteiger partial charge in [-0.2, -0.15) is 0 Å². The lowest BCUT2D eigenvalue weighted by atomic mass is 9.20. The van der Waals surface area contributed by atoms with Crippen LogP contribution >= 0.6 is 0 Å². The monoisotopic (exact) mass is 1120 g/mol. The van der Waals surface area contributed by atoms with Gasteiger partial charge in [-0.1, -0.05) is 303 Å². The van der Waals surface area contributed by atoms with Crippen LogP contribution in [-0.4, -0.2) is 21.5 Å². The third-order valence-electron chi connectivity index (χ3n) is 20.5. The number of rotatable bonds is 9. The summed E-state index contributed by atoms with van der Waals surface area (Å²) in [5, 5.41) is 5.99. The van der Waals surface area contributed by atoms with E-state index in [9.17, 15) is 0 Å². The van der Waals surface area contributed by atoms with Crippen LogP contribution in [0.2, 0.25) is 0 Å². The Labute approximate surface area is 509 Å². The second kappa shape index (κ2) is 20.5. The zero-order valence-electron chi connectivity index (χ0n) is 52.6. The molecule has 0 atom stereocenters. The summed E-state index contributed by atoms with van der Waals surface area (Å²) in [5.74, 6) is 2.17. The normalized spacial score (nSPS) is 14.8. The minimum Gasteiger partial charge on any atom is -0.310 e. The second-order valence-electron chi connectivity index (χ2n) is 27.5. The molecule has 0 aromatic heterocycles. The quantitative estimate of drug-likeness (QED) is 0.130. The summed E-state index contributed by atoms with van der Waals surface area (Å²) < 4.78 is 0. The molecule has 0 saturated carbocycles. The first kappa shape index (κ1) is 55.2. The SMILES string of the molecule is Cc1ccc2c(c1)C1(c3cc(C)ccc3N2c2ccc3c(c2)B(c2c(C(C)C)cc(C(C)C)cc2C(C)C)c2ccccc2B3c2c(C(C)C)cc(C(C)C)cc2C(C)C)c2ccccc2[Si]2(c3ccccc3-c3ccccc32)c2ccccc21. The van der Waals surface area contributed by atoms with Crippen molar-refractivity contribution in [1.82, 2.24) is 0 Å². The first-order valence-corrected chi connectivity index (χ1v) is 34.0. The van der Waals surface area contributed by atoms with Gasteiger partial charge in [0.05, 0.1) is 16.8 Å². The molecule has 0 radical (unpaired) electrons. The first-order chi connectivity index (χ1) is 41.0. The summed E-state index contributed by atoms with van der Waals surface area (Å²) in [6, 6.07) is 80.8. The summed E-state index contributed by atoms with van der Waals surface area (Å²) in [6.07, 6.45) is 0. The van der Waals surface area contributed by atoms with E-state index in [0.717, 1.165) is 0 Å². The molecule has 4 heteroatoms. The van der Waals surface area contributed by atoms with Gasteiger partial charge in [0.1, 0.15) is 0 Å². The summed E-state index contributed by atoms with van der Waals surface area (Å²) >= 11 is 0. The fraction of sp³-hybridized carbons (Fsp3) is 0.259. The van der Waals surface area contributed by atoms with Crippen molar-refractivity contribution in [3.05, 3.63) is 267 Å². The van der Waals surface area contributed by atoms with E-state index in [-0.39, 0.29) is 13.4 Å². The number of aryl methyl sites for hydroxylation is 2. The average Bonchev–Trinajstić information content (AvgIpc) is 1.67. The van der Waals surface area contributed by atoms with Crippen molar-refractivity contribution in [2.24, 2.45) is 0 Å². The van der Waals surface area contributed by atoms with Gasteiger partial charge in [0.2, 0.25) is 13.4 Å². The molecule has 14 rings (SSSR count). The molecule has 4 heterocycles. The summed E-state index contributed by atoms with van der Waals surface area (Å²) in [4.78, 5) is 2.68. The maximum Gasteiger partial charge on any atom is 0.240 e. The van der Waals surface area contributed by atoms with Crippen LogP contribution in [0.15, 0.2) is 200 Å². The number of benzene rings is 10. The topological polar surface area (TPSA) is 3.24 Å². The Morgan fingerprint density at radius 2 is 0.694 bits per heavy atom. The minimum absolute atomic E-state index is 0.000118. The van der Waals surface area contributed by atoms with Crippen LogP contribution in [0.5, 0.6) is 0 Å². The van der Waals surface area contributed by atoms with Crippen molar-refractivity contribution in [2.45, 2.75) is 138 Å². The molecule has 0 unspecified atom stereocenters. The lowest BCUT2D eigenvalue weighted by molar-refractivity contribution is 0.734. The standard InChI is InChI=1S/C81H81B2NSi/c1-48(2)56-43-61(50(5)6)79(62(44-56)51(7)8)82-69-29-19-20-30-70(69)83(80-63(52(9)10)45-57(49(3)4)46-64(80)53(11)12)72-47-58(37-38-71(72)82)84-73-39-35-54(13)41-67(73)81(68-42-55(14)36-40-74(68)84)65-27-17-23-33-77(65)85(78-34-24-18-28-66(78)81)75-31-21-15-25-59(75)60-26-16-22-32-76(60)85/h15-53H,1-14H3. The molecule has 0 fully saturated rings. The number of nitrogens with zero attached hydrogens (tertiary/aromatic N) is 1. The molecular weight excluding hydrogens is 1040 g/mol. The maximum atomic E-state index is 2.68. The van der Waals surface area contributed by atoms with Gasteiger partial charge in [-0.15, -0.1) is 0 Å². The third-order valence-corrected chi connectivity index (χ3v) is 25.5. The Balaban J connectivity index is 1.08. The lowest BCUT2D eigenvalue weighted by Crippen LogP contribution is -2.78. The smallest absolute Gasteiger partial charge is 0.240 e. The molecule has 0 N–H and O–H groups in total. The van der Waals surface area contributed by atoms with Gasteiger partial charge in [0.25, 0.3) is 0 Å². The zero-order valence-corrected chi connectivity index (χ0v) is 53.6. The van der Waals surface area contributed by atoms with Gasteiger partial charge in [-0.25, -0.2) is 0 Å². The van der Waals surface area contributed by atoms with Crippen molar-refractivity contribution in [1.29, 1.82) is 0 Å². The van der Waals surface area contributed by atoms with Gasteiger partial charge in [-0.3, -0.25) is 0 Å². The highest BCUT2D eigenvalue weighted by Crippen LogP contribution is 2.59. The first-order valence-electron chi connectivity index (χ1n) is 32.0. The summed E-state index contributed by atoms with van der Waals surface area (Å²) in [7, 11) is -2.86. The molecule has 4 aliphatic rings. The molecule has 0 aliphatic carbocycles. The summed E-state index contributed by atoms with van der Waals surface area (Å²) in [5.41, 5.74) is 31.3. The van der Waals surface area contributed by atoms with E-state index in [1.807, 2.05) is 0 Å². The van der Waals surface area contributed by atoms with Gasteiger partial charge in [0, 0.05) is 5.69 Å². The van der Waals surface area contributed by atoms with E-state index in [1.54, 1.807) is 0 Å². The Bertz CT molecular complexity index is 4140. The van der Waals surface area contributed by atoms with Crippen LogP contribution in [0, 0.1) is 13.8 Å². The van der Waals surface area contributed by atoms with Crippen LogP contribution in [0.1, 0.15) is 185 Å². The molecule has 0 bridgehead atoms. The van der Waals surface area contributed by atoms with Crippen molar-refractivity contribution in [2.75, 3.05) is 4.90 Å². The van der Waals surface area contributed by atoms with Crippen LogP contribution in [0.3, 0.4) is 0 Å². The molecule has 4 aliphatic heterocycles. The largest absolute Gasteiger partial charge is 0.310 e. The van der Waals surface area contributed by atoms with Gasteiger partial charge >= 0.3 is 0 Å². The Morgan fingerprint density at radius 1 is 0.329 bits per heavy atom. The highest BCUT2D eigenvalue weighted by atomic mass is 28.3. The molecule has 2 spiro atoms. The second-order valence-corrected chi connectivity index (χ2v) is 31.2. The van der Waals surface area contributed by atoms with E-state index in [4.69, 9.17) is 0 Å². The van der Waals surface area contributed by atoms with Crippen LogP contribution < -0.4 is 58.4 Å². The fourth-order valence-electron chi connectivity index (χ4n) is 16.7. The number of hydrogen-bond acceptors (Lipinski definition) is 1.